The molecule has 0 spiro atoms. The maximum atomic E-state index is 12.8. The van der Waals surface area contributed by atoms with Crippen LogP contribution in [0.1, 0.15) is 35.0 Å². The fourth-order valence-corrected chi connectivity index (χ4v) is 3.35. The van der Waals surface area contributed by atoms with Crippen LogP contribution in [0, 0.1) is 6.92 Å². The Kier molecular flexibility index (Phi) is 5.87. The molecule has 2 heterocycles. The molecule has 3 rings (SSSR count). The van der Waals surface area contributed by atoms with Crippen LogP contribution in [0.4, 0.5) is 0 Å². The van der Waals surface area contributed by atoms with E-state index in [1.807, 2.05) is 22.7 Å². The molecule has 0 aliphatic carbocycles. The number of hydrogen-bond donors (Lipinski definition) is 0. The van der Waals surface area contributed by atoms with Gasteiger partial charge in [-0.05, 0) is 25.3 Å². The SMILES string of the molecule is CCCn1cc(C(=O)N2CCN(CCc3ccccc3)CC2)c(C)n1. The van der Waals surface area contributed by atoms with Gasteiger partial charge < -0.3 is 4.90 Å². The first-order valence-corrected chi connectivity index (χ1v) is 9.27. The van der Waals surface area contributed by atoms with Crippen molar-refractivity contribution in [3.05, 3.63) is 53.3 Å². The quantitative estimate of drug-likeness (QED) is 0.812. The lowest BCUT2D eigenvalue weighted by Gasteiger charge is -2.34. The van der Waals surface area contributed by atoms with Crippen molar-refractivity contribution < 1.29 is 4.79 Å². The Balaban J connectivity index is 1.50. The number of piperazine rings is 1. The van der Waals surface area contributed by atoms with Crippen molar-refractivity contribution in [2.45, 2.75) is 33.2 Å². The first kappa shape index (κ1) is 17.7. The largest absolute Gasteiger partial charge is 0.336 e. The van der Waals surface area contributed by atoms with Crippen molar-refractivity contribution in [3.63, 3.8) is 0 Å². The van der Waals surface area contributed by atoms with Crippen molar-refractivity contribution in [1.29, 1.82) is 0 Å². The van der Waals surface area contributed by atoms with Gasteiger partial charge in [-0.15, -0.1) is 0 Å². The van der Waals surface area contributed by atoms with Gasteiger partial charge >= 0.3 is 0 Å². The molecule has 2 aromatic rings. The number of nitrogens with zero attached hydrogens (tertiary/aromatic N) is 4. The van der Waals surface area contributed by atoms with Gasteiger partial charge in [-0.2, -0.15) is 5.10 Å². The van der Waals surface area contributed by atoms with Crippen molar-refractivity contribution in [3.8, 4) is 0 Å². The molecular weight excluding hydrogens is 312 g/mol. The molecule has 0 saturated carbocycles. The molecule has 134 valence electrons. The molecule has 1 saturated heterocycles. The van der Waals surface area contributed by atoms with Crippen LogP contribution in [0.3, 0.4) is 0 Å². The highest BCUT2D eigenvalue weighted by Crippen LogP contribution is 2.13. The van der Waals surface area contributed by atoms with E-state index < -0.39 is 0 Å². The van der Waals surface area contributed by atoms with Gasteiger partial charge in [-0.1, -0.05) is 37.3 Å². The third-order valence-electron chi connectivity index (χ3n) is 4.85. The second kappa shape index (κ2) is 8.30. The molecule has 1 aromatic carbocycles. The van der Waals surface area contributed by atoms with Gasteiger partial charge in [0.25, 0.3) is 5.91 Å². The second-order valence-electron chi connectivity index (χ2n) is 6.76. The average Bonchev–Trinajstić information content (AvgIpc) is 3.01. The molecule has 0 bridgehead atoms. The fourth-order valence-electron chi connectivity index (χ4n) is 3.35. The summed E-state index contributed by atoms with van der Waals surface area (Å²) in [6.07, 6.45) is 4.00. The molecule has 1 aliphatic heterocycles. The molecule has 0 unspecified atom stereocenters. The van der Waals surface area contributed by atoms with Crippen molar-refractivity contribution in [2.24, 2.45) is 0 Å². The first-order valence-electron chi connectivity index (χ1n) is 9.27. The number of carbonyl (C=O) groups is 1. The lowest BCUT2D eigenvalue weighted by molar-refractivity contribution is 0.0637. The summed E-state index contributed by atoms with van der Waals surface area (Å²) < 4.78 is 1.89. The molecule has 1 amide bonds. The number of aryl methyl sites for hydroxylation is 2. The van der Waals surface area contributed by atoms with Crippen LogP contribution in [0.5, 0.6) is 0 Å². The number of aromatic nitrogens is 2. The zero-order valence-corrected chi connectivity index (χ0v) is 15.3. The Labute approximate surface area is 150 Å². The van der Waals surface area contributed by atoms with Crippen LogP contribution in [0.2, 0.25) is 0 Å². The zero-order valence-electron chi connectivity index (χ0n) is 15.3. The molecule has 0 radical (unpaired) electrons. The minimum Gasteiger partial charge on any atom is -0.336 e. The predicted molar refractivity (Wildman–Crippen MR) is 99.7 cm³/mol. The van der Waals surface area contributed by atoms with Crippen LogP contribution in [0.15, 0.2) is 36.5 Å². The topological polar surface area (TPSA) is 41.4 Å². The molecule has 0 N–H and O–H groups in total. The van der Waals surface area contributed by atoms with Gasteiger partial charge in [0.2, 0.25) is 0 Å². The third kappa shape index (κ3) is 4.48. The van der Waals surface area contributed by atoms with Gasteiger partial charge in [0.1, 0.15) is 0 Å². The van der Waals surface area contributed by atoms with E-state index >= 15 is 0 Å². The minimum absolute atomic E-state index is 0.127. The van der Waals surface area contributed by atoms with E-state index in [-0.39, 0.29) is 5.91 Å². The highest BCUT2D eigenvalue weighted by Gasteiger charge is 2.24. The van der Waals surface area contributed by atoms with Crippen LogP contribution >= 0.6 is 0 Å². The monoisotopic (exact) mass is 340 g/mol. The summed E-state index contributed by atoms with van der Waals surface area (Å²) in [5.74, 6) is 0.127. The summed E-state index contributed by atoms with van der Waals surface area (Å²) in [4.78, 5) is 17.2. The van der Waals surface area contributed by atoms with E-state index in [9.17, 15) is 4.79 Å². The van der Waals surface area contributed by atoms with E-state index in [2.05, 4.69) is 47.3 Å². The molecule has 1 aliphatic rings. The second-order valence-corrected chi connectivity index (χ2v) is 6.76. The summed E-state index contributed by atoms with van der Waals surface area (Å²) in [5.41, 5.74) is 2.97. The summed E-state index contributed by atoms with van der Waals surface area (Å²) in [5, 5.41) is 4.45. The molecule has 1 fully saturated rings. The number of amides is 1. The Morgan fingerprint density at radius 1 is 1.08 bits per heavy atom. The Morgan fingerprint density at radius 3 is 2.48 bits per heavy atom. The van der Waals surface area contributed by atoms with Gasteiger partial charge in [-0.3, -0.25) is 14.4 Å². The van der Waals surface area contributed by atoms with Crippen molar-refractivity contribution in [1.82, 2.24) is 19.6 Å². The maximum absolute atomic E-state index is 12.8. The van der Waals surface area contributed by atoms with Crippen LogP contribution < -0.4 is 0 Å². The predicted octanol–water partition coefficient (Wildman–Crippen LogP) is 2.60. The van der Waals surface area contributed by atoms with Gasteiger partial charge in [0.05, 0.1) is 11.3 Å². The Hall–Kier alpha value is -2.14. The van der Waals surface area contributed by atoms with E-state index in [1.165, 1.54) is 5.56 Å². The third-order valence-corrected chi connectivity index (χ3v) is 4.85. The lowest BCUT2D eigenvalue weighted by atomic mass is 10.1. The first-order chi connectivity index (χ1) is 12.2. The zero-order chi connectivity index (χ0) is 17.6. The van der Waals surface area contributed by atoms with Crippen LogP contribution in [-0.2, 0) is 13.0 Å². The summed E-state index contributed by atoms with van der Waals surface area (Å²) in [7, 11) is 0. The minimum atomic E-state index is 0.127. The molecule has 0 atom stereocenters. The highest BCUT2D eigenvalue weighted by molar-refractivity contribution is 5.95. The standard InChI is InChI=1S/C20H28N4O/c1-3-10-24-16-19(17(2)21-24)20(25)23-14-12-22(13-15-23)11-9-18-7-5-4-6-8-18/h4-8,16H,3,9-15H2,1-2H3. The molecule has 1 aromatic heterocycles. The Morgan fingerprint density at radius 2 is 1.80 bits per heavy atom. The number of rotatable bonds is 6. The Bertz CT molecular complexity index is 687. The molecule has 5 nitrogen and oxygen atoms in total. The smallest absolute Gasteiger partial charge is 0.257 e. The number of hydrogen-bond acceptors (Lipinski definition) is 3. The van der Waals surface area contributed by atoms with Crippen molar-refractivity contribution >= 4 is 5.91 Å². The van der Waals surface area contributed by atoms with Gasteiger partial charge in [-0.25, -0.2) is 0 Å². The average molecular weight is 340 g/mol. The van der Waals surface area contributed by atoms with Gasteiger partial charge in [0.15, 0.2) is 0 Å². The fraction of sp³-hybridized carbons (Fsp3) is 0.500. The number of carbonyl (C=O) groups excluding carboxylic acids is 1. The molecule has 25 heavy (non-hydrogen) atoms. The van der Waals surface area contributed by atoms with E-state index in [1.54, 1.807) is 0 Å². The summed E-state index contributed by atoms with van der Waals surface area (Å²) >= 11 is 0. The summed E-state index contributed by atoms with van der Waals surface area (Å²) in [6.45, 7) is 9.45. The lowest BCUT2D eigenvalue weighted by Crippen LogP contribution is -2.49. The summed E-state index contributed by atoms with van der Waals surface area (Å²) in [6, 6.07) is 10.6. The maximum Gasteiger partial charge on any atom is 0.257 e. The normalized spacial score (nSPS) is 15.5. The van der Waals surface area contributed by atoms with Crippen molar-refractivity contribution in [2.75, 3.05) is 32.7 Å². The molecular formula is C20H28N4O. The van der Waals surface area contributed by atoms with Crippen LogP contribution in [-0.4, -0.2) is 58.2 Å². The van der Waals surface area contributed by atoms with Crippen LogP contribution in [0.25, 0.3) is 0 Å². The van der Waals surface area contributed by atoms with E-state index in [0.29, 0.717) is 0 Å². The van der Waals surface area contributed by atoms with E-state index in [4.69, 9.17) is 0 Å². The van der Waals surface area contributed by atoms with E-state index in [0.717, 1.165) is 63.4 Å². The van der Waals surface area contributed by atoms with Gasteiger partial charge in [0, 0.05) is 45.5 Å². The number of benzene rings is 1. The highest BCUT2D eigenvalue weighted by atomic mass is 16.2. The molecule has 5 heteroatoms.